The van der Waals surface area contributed by atoms with Gasteiger partial charge in [-0.1, -0.05) is 40.7 Å². The highest BCUT2D eigenvalue weighted by atomic mass is 16.7. The van der Waals surface area contributed by atoms with E-state index < -0.39 is 47.5 Å². The van der Waals surface area contributed by atoms with Crippen molar-refractivity contribution in [2.24, 2.45) is 28.9 Å². The molecule has 1 aromatic carbocycles. The van der Waals surface area contributed by atoms with Gasteiger partial charge < -0.3 is 34.5 Å². The van der Waals surface area contributed by atoms with Gasteiger partial charge in [0, 0.05) is 5.92 Å². The number of carbonyl (C=O) groups is 4. The highest BCUT2D eigenvalue weighted by Crippen LogP contribution is 2.36. The normalized spacial score (nSPS) is 13.9. The van der Waals surface area contributed by atoms with Crippen LogP contribution < -0.4 is 15.2 Å². The van der Waals surface area contributed by atoms with Gasteiger partial charge in [0.2, 0.25) is 0 Å². The van der Waals surface area contributed by atoms with Crippen molar-refractivity contribution in [2.45, 2.75) is 67.3 Å². The van der Waals surface area contributed by atoms with Crippen molar-refractivity contribution in [3.05, 3.63) is 23.8 Å². The summed E-state index contributed by atoms with van der Waals surface area (Å²) in [4.78, 5) is 48.6. The molecule has 1 aromatic rings. The van der Waals surface area contributed by atoms with Crippen LogP contribution in [0, 0.1) is 23.2 Å². The molecule has 3 atom stereocenters. The van der Waals surface area contributed by atoms with Crippen LogP contribution in [0.1, 0.15) is 66.9 Å². The van der Waals surface area contributed by atoms with Crippen molar-refractivity contribution in [1.29, 1.82) is 0 Å². The Morgan fingerprint density at radius 2 is 1.32 bits per heavy atom. The fourth-order valence-corrected chi connectivity index (χ4v) is 3.17. The summed E-state index contributed by atoms with van der Waals surface area (Å²) in [7, 11) is 0. The molecule has 0 saturated carbocycles. The number of ether oxygens (including phenoxy) is 5. The van der Waals surface area contributed by atoms with E-state index in [2.05, 4.69) is 0 Å². The first kappa shape index (κ1) is 32.7. The predicted octanol–water partition coefficient (Wildman–Crippen LogP) is 4.75. The Hall–Kier alpha value is -3.34. The maximum absolute atomic E-state index is 12.3. The Labute approximate surface area is 223 Å². The lowest BCUT2D eigenvalue weighted by molar-refractivity contribution is -0.154. The number of aliphatic carboxylic acids is 1. The summed E-state index contributed by atoms with van der Waals surface area (Å²) < 4.78 is 26.0. The maximum Gasteiger partial charge on any atom is 0.513 e. The minimum atomic E-state index is -1.39. The number of nitrogens with two attached hydrogens (primary N) is 1. The second-order valence-electron chi connectivity index (χ2n) is 11.0. The second-order valence-corrected chi connectivity index (χ2v) is 11.0. The number of rotatable bonds is 12. The lowest BCUT2D eigenvalue weighted by Crippen LogP contribution is -2.41. The van der Waals surface area contributed by atoms with Gasteiger partial charge in [-0.05, 0) is 56.2 Å². The van der Waals surface area contributed by atoms with E-state index in [0.717, 1.165) is 0 Å². The lowest BCUT2D eigenvalue weighted by Gasteiger charge is -2.29. The average Bonchev–Trinajstić information content (AvgIpc) is 2.80. The predicted molar refractivity (Wildman–Crippen MR) is 138 cm³/mol. The monoisotopic (exact) mass is 539 g/mol. The van der Waals surface area contributed by atoms with Gasteiger partial charge in [-0.3, -0.25) is 9.59 Å². The van der Waals surface area contributed by atoms with Crippen molar-refractivity contribution < 1.29 is 48.0 Å². The molecule has 0 aromatic heterocycles. The van der Waals surface area contributed by atoms with Crippen LogP contribution in [0.2, 0.25) is 0 Å². The van der Waals surface area contributed by atoms with E-state index in [1.807, 2.05) is 27.7 Å². The van der Waals surface area contributed by atoms with E-state index >= 15 is 0 Å². The first-order valence-corrected chi connectivity index (χ1v) is 12.5. The smallest absolute Gasteiger partial charge is 0.480 e. The van der Waals surface area contributed by atoms with Gasteiger partial charge in [-0.15, -0.1) is 0 Å². The highest BCUT2D eigenvalue weighted by molar-refractivity contribution is 5.76. The zero-order valence-electron chi connectivity index (χ0n) is 23.4. The molecule has 0 aliphatic rings. The summed E-state index contributed by atoms with van der Waals surface area (Å²) in [5, 5.41) is 9.66. The Morgan fingerprint density at radius 3 is 1.76 bits per heavy atom. The van der Waals surface area contributed by atoms with E-state index in [1.165, 1.54) is 18.2 Å². The highest BCUT2D eigenvalue weighted by Gasteiger charge is 2.34. The number of carboxylic acid groups (broad SMARTS) is 1. The van der Waals surface area contributed by atoms with E-state index in [9.17, 15) is 24.3 Å². The minimum absolute atomic E-state index is 0.0465. The molecule has 0 heterocycles. The summed E-state index contributed by atoms with van der Waals surface area (Å²) in [5.74, 6) is -3.36. The van der Waals surface area contributed by atoms with Crippen molar-refractivity contribution >= 4 is 24.2 Å². The Balaban J connectivity index is 3.36. The van der Waals surface area contributed by atoms with E-state index in [1.54, 1.807) is 27.7 Å². The molecule has 0 fully saturated rings. The number of hydrogen-bond acceptors (Lipinski definition) is 10. The van der Waals surface area contributed by atoms with Crippen molar-refractivity contribution in [2.75, 3.05) is 19.8 Å². The van der Waals surface area contributed by atoms with Gasteiger partial charge in [-0.2, -0.15) is 0 Å². The molecular formula is C27H41NO10. The van der Waals surface area contributed by atoms with E-state index in [0.29, 0.717) is 5.56 Å². The quantitative estimate of drug-likeness (QED) is 0.214. The topological polar surface area (TPSA) is 161 Å². The number of benzene rings is 1. The molecule has 11 nitrogen and oxygen atoms in total. The van der Waals surface area contributed by atoms with Crippen LogP contribution >= 0.6 is 0 Å². The molecule has 11 heteroatoms. The van der Waals surface area contributed by atoms with Crippen LogP contribution in [-0.2, 0) is 23.8 Å². The Bertz CT molecular complexity index is 967. The molecule has 3 N–H and O–H groups in total. The zero-order valence-corrected chi connectivity index (χ0v) is 23.4. The first-order valence-electron chi connectivity index (χ1n) is 12.5. The maximum atomic E-state index is 12.3. The molecule has 0 spiro atoms. The average molecular weight is 540 g/mol. The zero-order chi connectivity index (χ0) is 29.2. The first-order chi connectivity index (χ1) is 17.5. The molecule has 2 unspecified atom stereocenters. The Morgan fingerprint density at radius 1 is 0.816 bits per heavy atom. The second kappa shape index (κ2) is 14.6. The van der Waals surface area contributed by atoms with Gasteiger partial charge in [0.25, 0.3) is 0 Å². The molecule has 0 aliphatic heterocycles. The number of carbonyl (C=O) groups excluding carboxylic acids is 3. The minimum Gasteiger partial charge on any atom is -0.480 e. The van der Waals surface area contributed by atoms with Gasteiger partial charge in [0.15, 0.2) is 11.5 Å². The van der Waals surface area contributed by atoms with Crippen LogP contribution in [0.4, 0.5) is 9.59 Å². The number of carboxylic acids is 1. The fourth-order valence-electron chi connectivity index (χ4n) is 3.17. The van der Waals surface area contributed by atoms with Crippen LogP contribution in [0.15, 0.2) is 18.2 Å². The number of esters is 1. The van der Waals surface area contributed by atoms with Gasteiger partial charge in [0.1, 0.15) is 6.04 Å². The third-order valence-electron chi connectivity index (χ3n) is 5.18. The van der Waals surface area contributed by atoms with Gasteiger partial charge in [-0.25, -0.2) is 9.59 Å². The molecule has 0 bridgehead atoms. The van der Waals surface area contributed by atoms with Gasteiger partial charge in [0.05, 0.1) is 25.2 Å². The lowest BCUT2D eigenvalue weighted by atomic mass is 9.82. The summed E-state index contributed by atoms with van der Waals surface area (Å²) in [6, 6.07) is 2.79. The van der Waals surface area contributed by atoms with Crippen LogP contribution in [-0.4, -0.2) is 55.2 Å². The largest absolute Gasteiger partial charge is 0.513 e. The molecule has 0 amide bonds. The summed E-state index contributed by atoms with van der Waals surface area (Å²) in [6.45, 7) is 14.3. The van der Waals surface area contributed by atoms with Crippen LogP contribution in [0.25, 0.3) is 0 Å². The van der Waals surface area contributed by atoms with Crippen molar-refractivity contribution in [3.8, 4) is 11.5 Å². The third-order valence-corrected chi connectivity index (χ3v) is 5.18. The van der Waals surface area contributed by atoms with Crippen molar-refractivity contribution in [1.82, 2.24) is 0 Å². The van der Waals surface area contributed by atoms with Crippen LogP contribution in [0.3, 0.4) is 0 Å². The number of hydrogen-bond donors (Lipinski definition) is 2. The SMILES string of the molecule is CC(C)COC(=O)Oc1ccc(C(C(C)COC(=O)C(C)(C)C)[C@H](N)C(=O)O)cc1OC(=O)OCC(C)C. The van der Waals surface area contributed by atoms with Crippen LogP contribution in [0.5, 0.6) is 11.5 Å². The molecule has 0 saturated heterocycles. The third kappa shape index (κ3) is 11.0. The van der Waals surface area contributed by atoms with Gasteiger partial charge >= 0.3 is 24.2 Å². The standard InChI is InChI=1S/C27H41NO10/c1-15(2)12-35-25(32)37-19-10-9-18(11-20(19)38-26(33)36-13-16(3)4)21(22(28)23(29)30)17(5)14-34-24(31)27(6,7)8/h9-11,15-17,21-22H,12-14,28H2,1-8H3,(H,29,30)/t17?,21?,22-/m0/s1. The Kier molecular flexibility index (Phi) is 12.5. The fraction of sp³-hybridized carbons (Fsp3) is 0.630. The molecule has 1 rings (SSSR count). The summed E-state index contributed by atoms with van der Waals surface area (Å²) in [6.07, 6.45) is -2.05. The van der Waals surface area contributed by atoms with Crippen molar-refractivity contribution in [3.63, 3.8) is 0 Å². The summed E-state index contributed by atoms with van der Waals surface area (Å²) in [5.41, 5.74) is 5.64. The molecule has 0 aliphatic carbocycles. The van der Waals surface area contributed by atoms with E-state index in [4.69, 9.17) is 29.4 Å². The molecular weight excluding hydrogens is 498 g/mol. The molecule has 38 heavy (non-hydrogen) atoms. The van der Waals surface area contributed by atoms with E-state index in [-0.39, 0.29) is 43.2 Å². The molecule has 0 radical (unpaired) electrons. The summed E-state index contributed by atoms with van der Waals surface area (Å²) >= 11 is 0. The molecule has 214 valence electrons.